The van der Waals surface area contributed by atoms with Crippen molar-refractivity contribution < 1.29 is 22.7 Å². The average Bonchev–Trinajstić information content (AvgIpc) is 3.20. The molecule has 28 heavy (non-hydrogen) atoms. The summed E-state index contributed by atoms with van der Waals surface area (Å²) in [6.45, 7) is 4.95. The topological polar surface area (TPSA) is 114 Å². The number of hydrogen-bond donors (Lipinski definition) is 2. The molecule has 0 unspecified atom stereocenters. The molecular weight excluding hydrogens is 384 g/mol. The molecule has 0 bridgehead atoms. The summed E-state index contributed by atoms with van der Waals surface area (Å²) in [5, 5.41) is 5.83. The van der Waals surface area contributed by atoms with E-state index in [1.807, 2.05) is 30.3 Å². The van der Waals surface area contributed by atoms with Crippen LogP contribution in [0.15, 0.2) is 41.6 Å². The summed E-state index contributed by atoms with van der Waals surface area (Å²) < 4.78 is 39.0. The molecule has 0 spiro atoms. The van der Waals surface area contributed by atoms with Crippen LogP contribution in [0.1, 0.15) is 28.9 Å². The third-order valence-electron chi connectivity index (χ3n) is 4.41. The molecular formula is C18H24N4O5S. The molecule has 1 aromatic heterocycles. The van der Waals surface area contributed by atoms with Gasteiger partial charge >= 0.3 is 5.97 Å². The Labute approximate surface area is 164 Å². The van der Waals surface area contributed by atoms with Crippen LogP contribution in [0.25, 0.3) is 0 Å². The minimum atomic E-state index is -4.04. The van der Waals surface area contributed by atoms with Gasteiger partial charge in [-0.05, 0) is 12.5 Å². The van der Waals surface area contributed by atoms with E-state index in [1.54, 1.807) is 6.92 Å². The number of carbonyl (C=O) groups excluding carboxylic acids is 1. The molecule has 1 fully saturated rings. The molecule has 0 amide bonds. The fraction of sp³-hybridized carbons (Fsp3) is 0.444. The van der Waals surface area contributed by atoms with Gasteiger partial charge in [-0.2, -0.15) is 5.10 Å². The highest BCUT2D eigenvalue weighted by Crippen LogP contribution is 2.20. The number of ether oxygens (including phenoxy) is 2. The highest BCUT2D eigenvalue weighted by molar-refractivity contribution is 7.89. The van der Waals surface area contributed by atoms with E-state index in [1.165, 1.54) is 0 Å². The summed E-state index contributed by atoms with van der Waals surface area (Å²) in [5.41, 5.74) is 0.710. The van der Waals surface area contributed by atoms with Crippen molar-refractivity contribution in [3.05, 3.63) is 47.7 Å². The van der Waals surface area contributed by atoms with Crippen molar-refractivity contribution in [3.8, 4) is 0 Å². The number of morpholine rings is 1. The highest BCUT2D eigenvalue weighted by Gasteiger charge is 2.30. The molecule has 0 radical (unpaired) electrons. The van der Waals surface area contributed by atoms with Gasteiger partial charge < -0.3 is 9.47 Å². The van der Waals surface area contributed by atoms with Crippen molar-refractivity contribution in [2.24, 2.45) is 0 Å². The van der Waals surface area contributed by atoms with Crippen LogP contribution < -0.4 is 4.72 Å². The van der Waals surface area contributed by atoms with Gasteiger partial charge in [-0.25, -0.2) is 17.9 Å². The van der Waals surface area contributed by atoms with Gasteiger partial charge in [0.15, 0.2) is 5.03 Å². The van der Waals surface area contributed by atoms with Gasteiger partial charge in [0.1, 0.15) is 5.56 Å². The summed E-state index contributed by atoms with van der Waals surface area (Å²) in [7, 11) is -4.04. The van der Waals surface area contributed by atoms with E-state index in [4.69, 9.17) is 9.47 Å². The molecule has 152 valence electrons. The predicted octanol–water partition coefficient (Wildman–Crippen LogP) is 0.938. The smallest absolute Gasteiger partial charge is 0.342 e. The second-order valence-electron chi connectivity index (χ2n) is 6.33. The monoisotopic (exact) mass is 408 g/mol. The maximum Gasteiger partial charge on any atom is 0.342 e. The zero-order chi connectivity index (χ0) is 20.0. The molecule has 1 aromatic carbocycles. The number of carbonyl (C=O) groups is 1. The van der Waals surface area contributed by atoms with Crippen molar-refractivity contribution in [2.45, 2.75) is 18.0 Å². The second-order valence-corrected chi connectivity index (χ2v) is 7.98. The number of hydrogen-bond acceptors (Lipinski definition) is 7. The Hall–Kier alpha value is -2.27. The van der Waals surface area contributed by atoms with Gasteiger partial charge in [-0.15, -0.1) is 0 Å². The van der Waals surface area contributed by atoms with Crippen LogP contribution in [-0.2, 0) is 19.5 Å². The lowest BCUT2D eigenvalue weighted by atomic mass is 10.1. The minimum absolute atomic E-state index is 0.118. The van der Waals surface area contributed by atoms with Crippen molar-refractivity contribution in [1.82, 2.24) is 19.8 Å². The molecule has 1 aliphatic rings. The zero-order valence-corrected chi connectivity index (χ0v) is 16.4. The van der Waals surface area contributed by atoms with Crippen LogP contribution in [0.4, 0.5) is 0 Å². The largest absolute Gasteiger partial charge is 0.462 e. The number of aromatic amines is 1. The van der Waals surface area contributed by atoms with E-state index in [0.29, 0.717) is 19.8 Å². The van der Waals surface area contributed by atoms with Gasteiger partial charge in [0.2, 0.25) is 0 Å². The van der Waals surface area contributed by atoms with E-state index >= 15 is 0 Å². The summed E-state index contributed by atoms with van der Waals surface area (Å²) >= 11 is 0. The lowest BCUT2D eigenvalue weighted by molar-refractivity contribution is 0.0345. The van der Waals surface area contributed by atoms with Crippen molar-refractivity contribution in [1.29, 1.82) is 0 Å². The van der Waals surface area contributed by atoms with Crippen LogP contribution in [0, 0.1) is 0 Å². The van der Waals surface area contributed by atoms with E-state index in [2.05, 4.69) is 19.8 Å². The quantitative estimate of drug-likeness (QED) is 0.625. The molecule has 0 saturated carbocycles. The Morgan fingerprint density at radius 2 is 2.04 bits per heavy atom. The normalized spacial score (nSPS) is 16.6. The van der Waals surface area contributed by atoms with Crippen LogP contribution in [0.3, 0.4) is 0 Å². The van der Waals surface area contributed by atoms with E-state index < -0.39 is 22.0 Å². The van der Waals surface area contributed by atoms with Crippen LogP contribution in [-0.4, -0.2) is 68.9 Å². The van der Waals surface area contributed by atoms with Crippen LogP contribution in [0.2, 0.25) is 0 Å². The molecule has 9 nitrogen and oxygen atoms in total. The van der Waals surface area contributed by atoms with E-state index in [-0.39, 0.29) is 17.2 Å². The van der Waals surface area contributed by atoms with E-state index in [9.17, 15) is 13.2 Å². The minimum Gasteiger partial charge on any atom is -0.462 e. The summed E-state index contributed by atoms with van der Waals surface area (Å²) in [5.74, 6) is -0.735. The number of rotatable bonds is 8. The van der Waals surface area contributed by atoms with Crippen molar-refractivity contribution in [2.75, 3.05) is 39.5 Å². The Bertz CT molecular complexity index is 878. The number of benzene rings is 1. The summed E-state index contributed by atoms with van der Waals surface area (Å²) in [6.07, 6.45) is 1.16. The number of sulfonamides is 1. The molecule has 10 heteroatoms. The maximum absolute atomic E-state index is 13.0. The van der Waals surface area contributed by atoms with Gasteiger partial charge in [0.05, 0.1) is 32.1 Å². The standard InChI is InChI=1S/C18H24N4O5S/c1-2-27-18(23)15-12-19-20-17(15)28(24,25)21-16(14-6-4-3-5-7-14)13-22-8-10-26-11-9-22/h3-7,12,16,21H,2,8-11,13H2,1H3,(H,19,20)/t16-/m0/s1. The fourth-order valence-corrected chi connectivity index (χ4v) is 4.32. The maximum atomic E-state index is 13.0. The van der Waals surface area contributed by atoms with Crippen LogP contribution in [0.5, 0.6) is 0 Å². The van der Waals surface area contributed by atoms with Gasteiger partial charge in [-0.3, -0.25) is 10.00 Å². The Morgan fingerprint density at radius 3 is 2.71 bits per heavy atom. The predicted molar refractivity (Wildman–Crippen MR) is 101 cm³/mol. The molecule has 2 heterocycles. The molecule has 1 aliphatic heterocycles. The van der Waals surface area contributed by atoms with Gasteiger partial charge in [0, 0.05) is 19.6 Å². The first-order valence-corrected chi connectivity index (χ1v) is 10.6. The molecule has 3 rings (SSSR count). The third kappa shape index (κ3) is 4.96. The molecule has 0 aliphatic carbocycles. The number of nitrogens with zero attached hydrogens (tertiary/aromatic N) is 2. The van der Waals surface area contributed by atoms with Crippen LogP contribution >= 0.6 is 0 Å². The Kier molecular flexibility index (Phi) is 6.79. The first-order chi connectivity index (χ1) is 13.5. The number of H-pyrrole nitrogens is 1. The molecule has 1 atom stereocenters. The molecule has 2 N–H and O–H groups in total. The first kappa shape index (κ1) is 20.5. The zero-order valence-electron chi connectivity index (χ0n) is 15.6. The average molecular weight is 408 g/mol. The Morgan fingerprint density at radius 1 is 1.32 bits per heavy atom. The SMILES string of the molecule is CCOC(=O)c1cn[nH]c1S(=O)(=O)N[C@@H](CN1CCOCC1)c1ccccc1. The molecule has 2 aromatic rings. The lowest BCUT2D eigenvalue weighted by Crippen LogP contribution is -2.43. The number of esters is 1. The van der Waals surface area contributed by atoms with Crippen molar-refractivity contribution >= 4 is 16.0 Å². The molecule has 1 saturated heterocycles. The number of nitrogens with one attached hydrogen (secondary N) is 2. The fourth-order valence-electron chi connectivity index (χ4n) is 3.02. The highest BCUT2D eigenvalue weighted by atomic mass is 32.2. The van der Waals surface area contributed by atoms with E-state index in [0.717, 1.165) is 24.8 Å². The van der Waals surface area contributed by atoms with Gasteiger partial charge in [0.25, 0.3) is 10.0 Å². The summed E-state index contributed by atoms with van der Waals surface area (Å²) in [4.78, 5) is 14.2. The first-order valence-electron chi connectivity index (χ1n) is 9.09. The Balaban J connectivity index is 1.85. The van der Waals surface area contributed by atoms with Gasteiger partial charge in [-0.1, -0.05) is 30.3 Å². The lowest BCUT2D eigenvalue weighted by Gasteiger charge is -2.30. The number of aromatic nitrogens is 2. The summed E-state index contributed by atoms with van der Waals surface area (Å²) in [6, 6.07) is 8.83. The van der Waals surface area contributed by atoms with Crippen molar-refractivity contribution in [3.63, 3.8) is 0 Å². The second kappa shape index (κ2) is 9.28. The third-order valence-corrected chi connectivity index (χ3v) is 5.86.